The van der Waals surface area contributed by atoms with E-state index in [-0.39, 0.29) is 18.1 Å². The zero-order chi connectivity index (χ0) is 16.6. The Morgan fingerprint density at radius 3 is 2.73 bits per heavy atom. The van der Waals surface area contributed by atoms with Crippen molar-refractivity contribution < 1.29 is 17.6 Å². The van der Waals surface area contributed by atoms with E-state index in [4.69, 9.17) is 0 Å². The van der Waals surface area contributed by atoms with Gasteiger partial charge in [-0.2, -0.15) is 11.8 Å². The predicted molar refractivity (Wildman–Crippen MR) is 87.6 cm³/mol. The Balaban J connectivity index is 2.66. The van der Waals surface area contributed by atoms with Crippen molar-refractivity contribution in [2.75, 3.05) is 17.8 Å². The van der Waals surface area contributed by atoms with E-state index in [1.54, 1.807) is 12.1 Å². The normalized spacial score (nSPS) is 12.9. The number of carbonyl (C=O) groups excluding carboxylic acids is 1. The molecule has 0 aliphatic rings. The highest BCUT2D eigenvalue weighted by Crippen LogP contribution is 2.05. The summed E-state index contributed by atoms with van der Waals surface area (Å²) in [6.07, 6.45) is 2.28. The molecule has 0 saturated carbocycles. The Hall–Kier alpha value is -1.12. The van der Waals surface area contributed by atoms with Crippen molar-refractivity contribution in [1.29, 1.82) is 0 Å². The van der Waals surface area contributed by atoms with Gasteiger partial charge < -0.3 is 5.32 Å². The van der Waals surface area contributed by atoms with E-state index in [1.165, 1.54) is 30.8 Å². The Labute approximate surface area is 135 Å². The maximum absolute atomic E-state index is 13.1. The Morgan fingerprint density at radius 1 is 1.41 bits per heavy atom. The molecule has 0 saturated heterocycles. The van der Waals surface area contributed by atoms with E-state index in [2.05, 4.69) is 10.0 Å². The highest BCUT2D eigenvalue weighted by Gasteiger charge is 2.22. The molecule has 1 aromatic rings. The maximum Gasteiger partial charge on any atom is 0.238 e. The molecule has 0 heterocycles. The summed E-state index contributed by atoms with van der Waals surface area (Å²) in [6.45, 7) is 1.67. The number of nitrogens with one attached hydrogen (secondary N) is 2. The van der Waals surface area contributed by atoms with Crippen molar-refractivity contribution in [3.8, 4) is 0 Å². The molecule has 5 nitrogen and oxygen atoms in total. The molecule has 2 N–H and O–H groups in total. The van der Waals surface area contributed by atoms with Gasteiger partial charge in [-0.25, -0.2) is 17.5 Å². The molecule has 0 aliphatic heterocycles. The molecule has 1 unspecified atom stereocenters. The molecule has 0 aliphatic carbocycles. The molecule has 0 radical (unpaired) electrons. The van der Waals surface area contributed by atoms with Crippen LogP contribution in [0, 0.1) is 5.82 Å². The SMILES string of the molecule is CCS(=O)(=O)NC(CCSC)C(=O)NCc1cccc(F)c1. The topological polar surface area (TPSA) is 75.3 Å². The number of amides is 1. The average molecular weight is 348 g/mol. The van der Waals surface area contributed by atoms with Gasteiger partial charge in [0.1, 0.15) is 11.9 Å². The molecule has 124 valence electrons. The van der Waals surface area contributed by atoms with E-state index in [1.807, 2.05) is 6.26 Å². The Kier molecular flexibility index (Phi) is 7.84. The van der Waals surface area contributed by atoms with Crippen LogP contribution in [0.25, 0.3) is 0 Å². The lowest BCUT2D eigenvalue weighted by molar-refractivity contribution is -0.122. The second-order valence-corrected chi connectivity index (χ2v) is 7.73. The highest BCUT2D eigenvalue weighted by molar-refractivity contribution is 7.98. The molecule has 1 rings (SSSR count). The molecule has 1 atom stereocenters. The zero-order valence-electron chi connectivity index (χ0n) is 12.6. The summed E-state index contributed by atoms with van der Waals surface area (Å²) in [4.78, 5) is 12.2. The van der Waals surface area contributed by atoms with Gasteiger partial charge in [-0.05, 0) is 43.0 Å². The summed E-state index contributed by atoms with van der Waals surface area (Å²) in [6, 6.07) is 5.08. The van der Waals surface area contributed by atoms with Gasteiger partial charge in [-0.3, -0.25) is 4.79 Å². The van der Waals surface area contributed by atoms with Crippen LogP contribution in [-0.2, 0) is 21.4 Å². The van der Waals surface area contributed by atoms with Gasteiger partial charge in [-0.1, -0.05) is 12.1 Å². The summed E-state index contributed by atoms with van der Waals surface area (Å²) in [7, 11) is -3.46. The van der Waals surface area contributed by atoms with Crippen LogP contribution in [0.2, 0.25) is 0 Å². The first-order valence-electron chi connectivity index (χ1n) is 6.89. The average Bonchev–Trinajstić information content (AvgIpc) is 2.49. The standard InChI is InChI=1S/C14H21FN2O3S2/c1-3-22(19,20)17-13(7-8-21-2)14(18)16-10-11-5-4-6-12(15)9-11/h4-6,9,13,17H,3,7-8,10H2,1-2H3,(H,16,18). The monoisotopic (exact) mass is 348 g/mol. The molecule has 1 aromatic carbocycles. The van der Waals surface area contributed by atoms with Crippen molar-refractivity contribution in [3.05, 3.63) is 35.6 Å². The van der Waals surface area contributed by atoms with Crippen LogP contribution in [-0.4, -0.2) is 38.1 Å². The fourth-order valence-electron chi connectivity index (χ4n) is 1.74. The van der Waals surface area contributed by atoms with Crippen molar-refractivity contribution in [3.63, 3.8) is 0 Å². The summed E-state index contributed by atoms with van der Waals surface area (Å²) < 4.78 is 38.8. The molecule has 0 aromatic heterocycles. The first-order chi connectivity index (χ1) is 10.4. The van der Waals surface area contributed by atoms with Gasteiger partial charge in [0.25, 0.3) is 0 Å². The Bertz CT molecular complexity index is 594. The van der Waals surface area contributed by atoms with Gasteiger partial charge in [0.15, 0.2) is 0 Å². The third-order valence-corrected chi connectivity index (χ3v) is 5.03. The molecular formula is C14H21FN2O3S2. The van der Waals surface area contributed by atoms with Crippen molar-refractivity contribution >= 4 is 27.7 Å². The number of rotatable bonds is 9. The second kappa shape index (κ2) is 9.12. The van der Waals surface area contributed by atoms with E-state index in [9.17, 15) is 17.6 Å². The van der Waals surface area contributed by atoms with E-state index < -0.39 is 22.0 Å². The maximum atomic E-state index is 13.1. The van der Waals surface area contributed by atoms with Crippen LogP contribution in [0.5, 0.6) is 0 Å². The van der Waals surface area contributed by atoms with Gasteiger partial charge in [-0.15, -0.1) is 0 Å². The minimum Gasteiger partial charge on any atom is -0.351 e. The molecule has 0 spiro atoms. The predicted octanol–water partition coefficient (Wildman–Crippen LogP) is 1.50. The number of carbonyl (C=O) groups is 1. The second-order valence-electron chi connectivity index (χ2n) is 4.70. The molecular weight excluding hydrogens is 327 g/mol. The molecule has 1 amide bonds. The minimum atomic E-state index is -3.46. The largest absolute Gasteiger partial charge is 0.351 e. The summed E-state index contributed by atoms with van der Waals surface area (Å²) >= 11 is 1.53. The first kappa shape index (κ1) is 18.9. The van der Waals surface area contributed by atoms with Crippen LogP contribution in [0.4, 0.5) is 4.39 Å². The first-order valence-corrected chi connectivity index (χ1v) is 9.93. The van der Waals surface area contributed by atoms with Crippen LogP contribution >= 0.6 is 11.8 Å². The summed E-state index contributed by atoms with van der Waals surface area (Å²) in [5.74, 6) is -0.211. The van der Waals surface area contributed by atoms with Gasteiger partial charge in [0.2, 0.25) is 15.9 Å². The number of halogens is 1. The van der Waals surface area contributed by atoms with Crippen molar-refractivity contribution in [1.82, 2.24) is 10.0 Å². The zero-order valence-corrected chi connectivity index (χ0v) is 14.3. The smallest absolute Gasteiger partial charge is 0.238 e. The fourth-order valence-corrected chi connectivity index (χ4v) is 3.04. The minimum absolute atomic E-state index is 0.0834. The van der Waals surface area contributed by atoms with Crippen LogP contribution in [0.1, 0.15) is 18.9 Å². The number of benzene rings is 1. The van der Waals surface area contributed by atoms with E-state index >= 15 is 0 Å². The molecule has 22 heavy (non-hydrogen) atoms. The molecule has 0 bridgehead atoms. The summed E-state index contributed by atoms with van der Waals surface area (Å²) in [5, 5.41) is 2.64. The number of thioether (sulfide) groups is 1. The van der Waals surface area contributed by atoms with Crippen molar-refractivity contribution in [2.24, 2.45) is 0 Å². The lowest BCUT2D eigenvalue weighted by atomic mass is 10.2. The fraction of sp³-hybridized carbons (Fsp3) is 0.500. The lowest BCUT2D eigenvalue weighted by Crippen LogP contribution is -2.47. The quantitative estimate of drug-likeness (QED) is 0.709. The van der Waals surface area contributed by atoms with Gasteiger partial charge in [0, 0.05) is 6.54 Å². The molecule has 8 heteroatoms. The van der Waals surface area contributed by atoms with Gasteiger partial charge in [0.05, 0.1) is 5.75 Å². The lowest BCUT2D eigenvalue weighted by Gasteiger charge is -2.17. The number of sulfonamides is 1. The van der Waals surface area contributed by atoms with E-state index in [0.717, 1.165) is 0 Å². The molecule has 0 fully saturated rings. The third-order valence-electron chi connectivity index (χ3n) is 2.98. The highest BCUT2D eigenvalue weighted by atomic mass is 32.2. The van der Waals surface area contributed by atoms with Crippen LogP contribution in [0.3, 0.4) is 0 Å². The van der Waals surface area contributed by atoms with Crippen LogP contribution < -0.4 is 10.0 Å². The van der Waals surface area contributed by atoms with Crippen LogP contribution in [0.15, 0.2) is 24.3 Å². The summed E-state index contributed by atoms with van der Waals surface area (Å²) in [5.41, 5.74) is 0.621. The third kappa shape index (κ3) is 6.76. The Morgan fingerprint density at radius 2 is 2.14 bits per heavy atom. The van der Waals surface area contributed by atoms with Gasteiger partial charge >= 0.3 is 0 Å². The van der Waals surface area contributed by atoms with Crippen molar-refractivity contribution in [2.45, 2.75) is 25.9 Å². The van der Waals surface area contributed by atoms with E-state index in [0.29, 0.717) is 17.7 Å². The number of hydrogen-bond acceptors (Lipinski definition) is 4. The number of hydrogen-bond donors (Lipinski definition) is 2.